The molecular weight excluding hydrogens is 511 g/mol. The van der Waals surface area contributed by atoms with E-state index < -0.39 is 27.8 Å². The van der Waals surface area contributed by atoms with Crippen LogP contribution < -0.4 is 10.0 Å². The number of nitrogens with zero attached hydrogens (tertiary/aromatic N) is 2. The zero-order valence-corrected chi connectivity index (χ0v) is 21.2. The highest BCUT2D eigenvalue weighted by atomic mass is 32.2. The first-order chi connectivity index (χ1) is 18.3. The highest BCUT2D eigenvalue weighted by Crippen LogP contribution is 2.33. The quantitative estimate of drug-likeness (QED) is 0.478. The van der Waals surface area contributed by atoms with Crippen molar-refractivity contribution in [2.45, 2.75) is 35.9 Å². The summed E-state index contributed by atoms with van der Waals surface area (Å²) >= 11 is 0. The minimum atomic E-state index is -3.83. The van der Waals surface area contributed by atoms with Crippen LogP contribution in [0.4, 0.5) is 10.1 Å². The zero-order chi connectivity index (χ0) is 26.7. The summed E-state index contributed by atoms with van der Waals surface area (Å²) in [7, 11) is -3.83. The number of pyridine rings is 1. The van der Waals surface area contributed by atoms with Crippen molar-refractivity contribution in [1.82, 2.24) is 14.6 Å². The van der Waals surface area contributed by atoms with Crippen molar-refractivity contribution in [1.29, 1.82) is 0 Å². The van der Waals surface area contributed by atoms with E-state index in [1.54, 1.807) is 0 Å². The van der Waals surface area contributed by atoms with Gasteiger partial charge in [-0.15, -0.1) is 0 Å². The number of hydrogen-bond donors (Lipinski definition) is 2. The highest BCUT2D eigenvalue weighted by Gasteiger charge is 2.40. The van der Waals surface area contributed by atoms with E-state index in [4.69, 9.17) is 4.74 Å². The molecule has 2 fully saturated rings. The monoisotopic (exact) mass is 538 g/mol. The minimum Gasteiger partial charge on any atom is -0.380 e. The lowest BCUT2D eigenvalue weighted by Gasteiger charge is -2.24. The number of hydrogen-bond acceptors (Lipinski definition) is 6. The number of rotatable bonds is 7. The molecule has 9 nitrogen and oxygen atoms in total. The van der Waals surface area contributed by atoms with Gasteiger partial charge in [0, 0.05) is 30.7 Å². The molecule has 0 radical (unpaired) electrons. The number of nitrogens with one attached hydrogen (secondary N) is 2. The summed E-state index contributed by atoms with van der Waals surface area (Å²) in [6.45, 7) is 1.13. The Kier molecular flexibility index (Phi) is 7.50. The summed E-state index contributed by atoms with van der Waals surface area (Å²) in [5.41, 5.74) is 1.60. The predicted molar refractivity (Wildman–Crippen MR) is 137 cm³/mol. The first kappa shape index (κ1) is 26.0. The molecule has 3 atom stereocenters. The molecule has 0 spiro atoms. The van der Waals surface area contributed by atoms with Gasteiger partial charge in [-0.25, -0.2) is 22.5 Å². The topological polar surface area (TPSA) is 118 Å². The summed E-state index contributed by atoms with van der Waals surface area (Å²) in [5.74, 6) is -1.31. The molecule has 5 rings (SSSR count). The molecule has 2 aliphatic heterocycles. The Hall–Kier alpha value is -3.67. The lowest BCUT2D eigenvalue weighted by atomic mass is 9.96. The van der Waals surface area contributed by atoms with Gasteiger partial charge >= 0.3 is 0 Å². The Labute approximate surface area is 220 Å². The van der Waals surface area contributed by atoms with E-state index in [-0.39, 0.29) is 28.5 Å². The van der Waals surface area contributed by atoms with Crippen molar-refractivity contribution in [3.05, 3.63) is 89.9 Å². The number of carbonyl (C=O) groups excluding carboxylic acids is 2. The molecule has 198 valence electrons. The molecule has 0 saturated carbocycles. The van der Waals surface area contributed by atoms with E-state index >= 15 is 0 Å². The maximum absolute atomic E-state index is 13.4. The largest absolute Gasteiger partial charge is 0.380 e. The Morgan fingerprint density at radius 1 is 1.03 bits per heavy atom. The van der Waals surface area contributed by atoms with Crippen LogP contribution in [0.2, 0.25) is 0 Å². The lowest BCUT2D eigenvalue weighted by Crippen LogP contribution is -2.43. The van der Waals surface area contributed by atoms with E-state index in [9.17, 15) is 22.4 Å². The first-order valence-corrected chi connectivity index (χ1v) is 13.8. The normalized spacial score (nSPS) is 21.4. The summed E-state index contributed by atoms with van der Waals surface area (Å²) < 4.78 is 46.4. The van der Waals surface area contributed by atoms with Crippen LogP contribution in [0.3, 0.4) is 0 Å². The predicted octanol–water partition coefficient (Wildman–Crippen LogP) is 2.92. The van der Waals surface area contributed by atoms with Gasteiger partial charge < -0.3 is 15.0 Å². The third kappa shape index (κ3) is 5.74. The Morgan fingerprint density at radius 3 is 2.45 bits per heavy atom. The van der Waals surface area contributed by atoms with Crippen LogP contribution in [0.15, 0.2) is 78.0 Å². The number of anilines is 1. The van der Waals surface area contributed by atoms with Crippen molar-refractivity contribution >= 4 is 27.5 Å². The number of sulfonamides is 1. The number of aromatic nitrogens is 1. The second-order valence-corrected chi connectivity index (χ2v) is 11.0. The van der Waals surface area contributed by atoms with Crippen LogP contribution in [-0.4, -0.2) is 62.0 Å². The van der Waals surface area contributed by atoms with Gasteiger partial charge in [0.05, 0.1) is 18.5 Å². The average molecular weight is 539 g/mol. The molecule has 3 aromatic rings. The second-order valence-electron chi connectivity index (χ2n) is 9.38. The third-order valence-electron chi connectivity index (χ3n) is 6.76. The van der Waals surface area contributed by atoms with Gasteiger partial charge in [0.15, 0.2) is 5.03 Å². The minimum absolute atomic E-state index is 0.0624. The fraction of sp³-hybridized carbons (Fsp3) is 0.296. The van der Waals surface area contributed by atoms with Gasteiger partial charge in [0.1, 0.15) is 11.9 Å². The van der Waals surface area contributed by atoms with Crippen molar-refractivity contribution in [2.75, 3.05) is 25.1 Å². The van der Waals surface area contributed by atoms with Crippen LogP contribution in [0.1, 0.15) is 34.7 Å². The first-order valence-electron chi connectivity index (χ1n) is 12.3. The maximum atomic E-state index is 13.4. The molecule has 1 aromatic heterocycles. The second kappa shape index (κ2) is 11.0. The van der Waals surface area contributed by atoms with Gasteiger partial charge in [-0.1, -0.05) is 30.3 Å². The van der Waals surface area contributed by atoms with E-state index in [0.29, 0.717) is 38.3 Å². The third-order valence-corrected chi connectivity index (χ3v) is 8.19. The average Bonchev–Trinajstić information content (AvgIpc) is 3.60. The number of halogens is 1. The molecule has 11 heteroatoms. The number of benzene rings is 2. The fourth-order valence-electron chi connectivity index (χ4n) is 4.78. The Morgan fingerprint density at radius 2 is 1.79 bits per heavy atom. The lowest BCUT2D eigenvalue weighted by molar-refractivity contribution is -0.119. The van der Waals surface area contributed by atoms with Gasteiger partial charge in [-0.05, 0) is 54.8 Å². The molecule has 2 aromatic carbocycles. The summed E-state index contributed by atoms with van der Waals surface area (Å²) in [6.07, 6.45) is 2.26. The van der Waals surface area contributed by atoms with Crippen molar-refractivity contribution in [3.63, 3.8) is 0 Å². The molecular formula is C27H27FN4O5S. The zero-order valence-electron chi connectivity index (χ0n) is 20.4. The summed E-state index contributed by atoms with van der Waals surface area (Å²) in [5, 5.41) is 2.60. The highest BCUT2D eigenvalue weighted by molar-refractivity contribution is 7.89. The Balaban J connectivity index is 1.32. The fourth-order valence-corrected chi connectivity index (χ4v) is 5.96. The molecule has 2 aliphatic rings. The number of carbonyl (C=O) groups is 2. The maximum Gasteiger partial charge on any atom is 0.258 e. The Bertz CT molecular complexity index is 1400. The number of likely N-dealkylation sites (tertiary alicyclic amines) is 1. The molecule has 3 heterocycles. The smallest absolute Gasteiger partial charge is 0.258 e. The van der Waals surface area contributed by atoms with E-state index in [0.717, 1.165) is 5.56 Å². The van der Waals surface area contributed by atoms with Crippen LogP contribution in [-0.2, 0) is 19.6 Å². The van der Waals surface area contributed by atoms with Gasteiger partial charge in [0.2, 0.25) is 5.91 Å². The van der Waals surface area contributed by atoms with Crippen LogP contribution in [0.25, 0.3) is 0 Å². The van der Waals surface area contributed by atoms with Crippen LogP contribution in [0, 0.1) is 5.82 Å². The van der Waals surface area contributed by atoms with E-state index in [2.05, 4.69) is 15.0 Å². The standard InChI is InChI=1S/C27H27FN4O5S/c28-21-8-6-19(7-9-21)27(34)32-16-20(18-4-2-1-3-5-18)14-24(32)26(33)30-22-10-11-25(29-15-22)38(35,36)31-23-12-13-37-17-23/h1-11,15,20,23-24,31H,12-14,16-17H2,(H,30,33)/t20-,23-,24+/m1/s1. The van der Waals surface area contributed by atoms with Crippen molar-refractivity contribution < 1.29 is 27.1 Å². The van der Waals surface area contributed by atoms with Gasteiger partial charge in [0.25, 0.3) is 15.9 Å². The van der Waals surface area contributed by atoms with E-state index in [1.807, 2.05) is 30.3 Å². The number of ether oxygens (including phenoxy) is 1. The SMILES string of the molecule is O=C(Nc1ccc(S(=O)(=O)N[C@@H]2CCOC2)nc1)[C@@H]1C[C@@H](c2ccccc2)CN1C(=O)c1ccc(F)cc1. The van der Waals surface area contributed by atoms with Gasteiger partial charge in [-0.3, -0.25) is 9.59 Å². The van der Waals surface area contributed by atoms with Crippen LogP contribution in [0.5, 0.6) is 0 Å². The molecule has 2 N–H and O–H groups in total. The molecule has 0 aliphatic carbocycles. The van der Waals surface area contributed by atoms with E-state index in [1.165, 1.54) is 47.5 Å². The molecule has 2 saturated heterocycles. The van der Waals surface area contributed by atoms with Crippen molar-refractivity contribution in [3.8, 4) is 0 Å². The molecule has 0 bridgehead atoms. The molecule has 38 heavy (non-hydrogen) atoms. The van der Waals surface area contributed by atoms with Crippen molar-refractivity contribution in [2.24, 2.45) is 0 Å². The van der Waals surface area contributed by atoms with Gasteiger partial charge in [-0.2, -0.15) is 0 Å². The van der Waals surface area contributed by atoms with Crippen LogP contribution >= 0.6 is 0 Å². The summed E-state index contributed by atoms with van der Waals surface area (Å²) in [4.78, 5) is 32.2. The summed E-state index contributed by atoms with van der Waals surface area (Å²) in [6, 6.07) is 16.5. The molecule has 0 unspecified atom stereocenters. The number of amides is 2. The molecule has 2 amide bonds.